The quantitative estimate of drug-likeness (QED) is 0.829. The zero-order chi connectivity index (χ0) is 10.8. The highest BCUT2D eigenvalue weighted by atomic mass is 35.5. The third-order valence-electron chi connectivity index (χ3n) is 2.41. The maximum atomic E-state index is 9.17. The molecule has 0 spiro atoms. The van der Waals surface area contributed by atoms with E-state index in [0.717, 1.165) is 22.0 Å². The number of aliphatic hydroxyl groups is 1. The van der Waals surface area contributed by atoms with Gasteiger partial charge in [0.2, 0.25) is 0 Å². The molecule has 2 aromatic rings. The van der Waals surface area contributed by atoms with Gasteiger partial charge in [-0.1, -0.05) is 11.6 Å². The van der Waals surface area contributed by atoms with E-state index in [4.69, 9.17) is 16.7 Å². The maximum Gasteiger partial charge on any atom is 0.0836 e. The molecule has 0 unspecified atom stereocenters. The van der Waals surface area contributed by atoms with Crippen LogP contribution in [0.15, 0.2) is 36.5 Å². The molecule has 0 aliphatic rings. The Bertz CT molecular complexity index is 476. The lowest BCUT2D eigenvalue weighted by Crippen LogP contribution is -2.00. The fraction of sp³-hybridized carbons (Fsp3) is 0.167. The summed E-state index contributed by atoms with van der Waals surface area (Å²) in [6.07, 6.45) is 1.93. The van der Waals surface area contributed by atoms with Gasteiger partial charge in [-0.25, -0.2) is 0 Å². The molecule has 3 heteroatoms. The van der Waals surface area contributed by atoms with Crippen LogP contribution in [0.4, 0.5) is 0 Å². The van der Waals surface area contributed by atoms with E-state index in [1.807, 2.05) is 48.0 Å². The zero-order valence-electron chi connectivity index (χ0n) is 8.44. The maximum absolute atomic E-state index is 9.17. The molecule has 0 fully saturated rings. The van der Waals surface area contributed by atoms with Crippen molar-refractivity contribution < 1.29 is 5.11 Å². The predicted molar refractivity (Wildman–Crippen MR) is 61.4 cm³/mol. The molecule has 2 nitrogen and oxygen atoms in total. The van der Waals surface area contributed by atoms with Crippen LogP contribution in [0, 0.1) is 6.92 Å². The van der Waals surface area contributed by atoms with Crippen molar-refractivity contribution >= 4 is 11.6 Å². The topological polar surface area (TPSA) is 25.2 Å². The lowest BCUT2D eigenvalue weighted by Gasteiger charge is -2.10. The van der Waals surface area contributed by atoms with Crippen LogP contribution in [0.1, 0.15) is 11.3 Å². The average molecular weight is 222 g/mol. The number of hydrogen-bond acceptors (Lipinski definition) is 1. The van der Waals surface area contributed by atoms with Gasteiger partial charge in [-0.3, -0.25) is 0 Å². The fourth-order valence-corrected chi connectivity index (χ4v) is 1.90. The molecule has 0 bridgehead atoms. The first-order valence-electron chi connectivity index (χ1n) is 4.76. The fourth-order valence-electron chi connectivity index (χ4n) is 1.67. The molecule has 1 aromatic carbocycles. The molecule has 2 rings (SSSR count). The number of hydrogen-bond donors (Lipinski definition) is 1. The van der Waals surface area contributed by atoms with Crippen LogP contribution < -0.4 is 0 Å². The van der Waals surface area contributed by atoms with Crippen molar-refractivity contribution in [2.75, 3.05) is 0 Å². The summed E-state index contributed by atoms with van der Waals surface area (Å²) in [7, 11) is 0. The standard InChI is InChI=1S/C12H12ClNO/c1-9-7-10(13)4-5-12(9)14-6-2-3-11(14)8-15/h2-7,15H,8H2,1H3. The lowest BCUT2D eigenvalue weighted by atomic mass is 10.2. The molecule has 0 aliphatic carbocycles. The van der Waals surface area contributed by atoms with E-state index in [1.54, 1.807) is 0 Å². The Morgan fingerprint density at radius 2 is 2.13 bits per heavy atom. The van der Waals surface area contributed by atoms with E-state index in [0.29, 0.717) is 0 Å². The summed E-state index contributed by atoms with van der Waals surface area (Å²) in [4.78, 5) is 0. The van der Waals surface area contributed by atoms with Gasteiger partial charge < -0.3 is 9.67 Å². The van der Waals surface area contributed by atoms with Crippen molar-refractivity contribution in [2.24, 2.45) is 0 Å². The second kappa shape index (κ2) is 4.09. The van der Waals surface area contributed by atoms with Gasteiger partial charge in [-0.05, 0) is 42.8 Å². The highest BCUT2D eigenvalue weighted by molar-refractivity contribution is 6.30. The molecule has 0 aliphatic heterocycles. The molecule has 1 N–H and O–H groups in total. The highest BCUT2D eigenvalue weighted by Crippen LogP contribution is 2.20. The van der Waals surface area contributed by atoms with Crippen LogP contribution in [0.3, 0.4) is 0 Å². The number of nitrogens with zero attached hydrogens (tertiary/aromatic N) is 1. The summed E-state index contributed by atoms with van der Waals surface area (Å²) in [5.41, 5.74) is 3.02. The van der Waals surface area contributed by atoms with E-state index in [2.05, 4.69) is 0 Å². The molecule has 0 saturated carbocycles. The molecule has 1 aromatic heterocycles. The summed E-state index contributed by atoms with van der Waals surface area (Å²) in [5.74, 6) is 0. The van der Waals surface area contributed by atoms with Crippen molar-refractivity contribution in [1.29, 1.82) is 0 Å². The first-order valence-corrected chi connectivity index (χ1v) is 5.14. The molecule has 0 atom stereocenters. The minimum Gasteiger partial charge on any atom is -0.390 e. The summed E-state index contributed by atoms with van der Waals surface area (Å²) >= 11 is 5.89. The molecule has 0 saturated heterocycles. The van der Waals surface area contributed by atoms with E-state index < -0.39 is 0 Å². The van der Waals surface area contributed by atoms with Crippen molar-refractivity contribution in [3.05, 3.63) is 52.8 Å². The monoisotopic (exact) mass is 221 g/mol. The SMILES string of the molecule is Cc1cc(Cl)ccc1-n1cccc1CO. The van der Waals surface area contributed by atoms with Gasteiger partial charge in [-0.2, -0.15) is 0 Å². The number of aliphatic hydroxyl groups excluding tert-OH is 1. The van der Waals surface area contributed by atoms with Gasteiger partial charge in [0, 0.05) is 22.6 Å². The van der Waals surface area contributed by atoms with Crippen molar-refractivity contribution in [3.63, 3.8) is 0 Å². The van der Waals surface area contributed by atoms with Crippen LogP contribution >= 0.6 is 11.6 Å². The molecule has 0 radical (unpaired) electrons. The Balaban J connectivity index is 2.54. The zero-order valence-corrected chi connectivity index (χ0v) is 9.20. The molecule has 15 heavy (non-hydrogen) atoms. The van der Waals surface area contributed by atoms with Gasteiger partial charge in [0.05, 0.1) is 6.61 Å². The first kappa shape index (κ1) is 10.3. The number of aromatic nitrogens is 1. The second-order valence-corrected chi connectivity index (χ2v) is 3.89. The Hall–Kier alpha value is -1.25. The van der Waals surface area contributed by atoms with E-state index in [1.165, 1.54) is 0 Å². The lowest BCUT2D eigenvalue weighted by molar-refractivity contribution is 0.274. The van der Waals surface area contributed by atoms with Gasteiger partial charge >= 0.3 is 0 Å². The molecular weight excluding hydrogens is 210 g/mol. The Morgan fingerprint density at radius 1 is 1.33 bits per heavy atom. The molecule has 1 heterocycles. The highest BCUT2D eigenvalue weighted by Gasteiger charge is 2.04. The van der Waals surface area contributed by atoms with Crippen molar-refractivity contribution in [3.8, 4) is 5.69 Å². The van der Waals surface area contributed by atoms with E-state index >= 15 is 0 Å². The molecule has 0 amide bonds. The predicted octanol–water partition coefficient (Wildman–Crippen LogP) is 2.93. The third-order valence-corrected chi connectivity index (χ3v) is 2.65. The van der Waals surface area contributed by atoms with E-state index in [-0.39, 0.29) is 6.61 Å². The van der Waals surface area contributed by atoms with Crippen LogP contribution in [0.25, 0.3) is 5.69 Å². The average Bonchev–Trinajstić information content (AvgIpc) is 2.65. The Labute approximate surface area is 93.7 Å². The first-order chi connectivity index (χ1) is 7.22. The summed E-state index contributed by atoms with van der Waals surface area (Å²) < 4.78 is 1.96. The smallest absolute Gasteiger partial charge is 0.0836 e. The minimum absolute atomic E-state index is 0.0368. The van der Waals surface area contributed by atoms with Gasteiger partial charge in [0.15, 0.2) is 0 Å². The summed E-state index contributed by atoms with van der Waals surface area (Å²) in [5, 5.41) is 9.90. The van der Waals surface area contributed by atoms with Crippen LogP contribution in [0.2, 0.25) is 5.02 Å². The van der Waals surface area contributed by atoms with Crippen LogP contribution in [0.5, 0.6) is 0 Å². The minimum atomic E-state index is 0.0368. The van der Waals surface area contributed by atoms with Crippen LogP contribution in [-0.2, 0) is 6.61 Å². The van der Waals surface area contributed by atoms with Crippen molar-refractivity contribution in [2.45, 2.75) is 13.5 Å². The third kappa shape index (κ3) is 1.91. The van der Waals surface area contributed by atoms with E-state index in [9.17, 15) is 0 Å². The van der Waals surface area contributed by atoms with Crippen molar-refractivity contribution in [1.82, 2.24) is 4.57 Å². The Kier molecular flexibility index (Phi) is 2.80. The second-order valence-electron chi connectivity index (χ2n) is 3.46. The summed E-state index contributed by atoms with van der Waals surface area (Å²) in [6.45, 7) is 2.04. The van der Waals surface area contributed by atoms with Crippen LogP contribution in [-0.4, -0.2) is 9.67 Å². The van der Waals surface area contributed by atoms with Gasteiger partial charge in [0.25, 0.3) is 0 Å². The molecule has 78 valence electrons. The number of halogens is 1. The number of benzene rings is 1. The number of aryl methyl sites for hydroxylation is 1. The Morgan fingerprint density at radius 3 is 2.80 bits per heavy atom. The molecular formula is C12H12ClNO. The van der Waals surface area contributed by atoms with Gasteiger partial charge in [0.1, 0.15) is 0 Å². The number of rotatable bonds is 2. The van der Waals surface area contributed by atoms with Gasteiger partial charge in [-0.15, -0.1) is 0 Å². The normalized spacial score (nSPS) is 10.6. The largest absolute Gasteiger partial charge is 0.390 e. The summed E-state index contributed by atoms with van der Waals surface area (Å²) in [6, 6.07) is 9.54.